The molecule has 20 heavy (non-hydrogen) atoms. The number of likely N-dealkylation sites (N-methyl/N-ethyl adjacent to an activating group) is 1. The van der Waals surface area contributed by atoms with Crippen molar-refractivity contribution in [1.29, 1.82) is 5.26 Å². The molecule has 0 aromatic heterocycles. The standard InChI is InChI=1S/C16H22N2O2/c1-18-14-5-3-4-6-16(14)20-11-13-9-12(10-17)7-8-15(13)19-2/h7-9,14,16,18H,3-6,11H2,1-2H3. The first-order valence-corrected chi connectivity index (χ1v) is 7.14. The lowest BCUT2D eigenvalue weighted by molar-refractivity contribution is -0.00429. The van der Waals surface area contributed by atoms with Gasteiger partial charge in [-0.15, -0.1) is 0 Å². The van der Waals surface area contributed by atoms with Crippen LogP contribution < -0.4 is 10.1 Å². The lowest BCUT2D eigenvalue weighted by Crippen LogP contribution is -2.41. The highest BCUT2D eigenvalue weighted by atomic mass is 16.5. The fraction of sp³-hybridized carbons (Fsp3) is 0.562. The maximum absolute atomic E-state index is 8.98. The van der Waals surface area contributed by atoms with E-state index in [9.17, 15) is 0 Å². The number of ether oxygens (including phenoxy) is 2. The third-order valence-electron chi connectivity index (χ3n) is 3.94. The predicted molar refractivity (Wildman–Crippen MR) is 77.6 cm³/mol. The third-order valence-corrected chi connectivity index (χ3v) is 3.94. The molecule has 0 radical (unpaired) electrons. The number of nitrogens with zero attached hydrogens (tertiary/aromatic N) is 1. The molecule has 0 bridgehead atoms. The monoisotopic (exact) mass is 274 g/mol. The van der Waals surface area contributed by atoms with E-state index in [0.717, 1.165) is 24.2 Å². The Labute approximate surface area is 120 Å². The van der Waals surface area contributed by atoms with Crippen molar-refractivity contribution < 1.29 is 9.47 Å². The van der Waals surface area contributed by atoms with Gasteiger partial charge in [-0.1, -0.05) is 12.8 Å². The van der Waals surface area contributed by atoms with E-state index < -0.39 is 0 Å². The maximum Gasteiger partial charge on any atom is 0.124 e. The lowest BCUT2D eigenvalue weighted by atomic mass is 9.92. The number of methoxy groups -OCH3 is 1. The van der Waals surface area contributed by atoms with Gasteiger partial charge in [-0.25, -0.2) is 0 Å². The zero-order chi connectivity index (χ0) is 14.4. The van der Waals surface area contributed by atoms with Crippen LogP contribution in [-0.4, -0.2) is 26.3 Å². The van der Waals surface area contributed by atoms with E-state index in [2.05, 4.69) is 11.4 Å². The highest BCUT2D eigenvalue weighted by Gasteiger charge is 2.24. The van der Waals surface area contributed by atoms with Crippen molar-refractivity contribution in [2.75, 3.05) is 14.2 Å². The van der Waals surface area contributed by atoms with Gasteiger partial charge in [0, 0.05) is 11.6 Å². The summed E-state index contributed by atoms with van der Waals surface area (Å²) in [6.07, 6.45) is 4.98. The number of benzene rings is 1. The Kier molecular flexibility index (Phi) is 5.40. The summed E-state index contributed by atoms with van der Waals surface area (Å²) < 4.78 is 11.4. The molecule has 1 aliphatic carbocycles. The summed E-state index contributed by atoms with van der Waals surface area (Å²) in [4.78, 5) is 0. The molecule has 1 N–H and O–H groups in total. The number of hydrogen-bond acceptors (Lipinski definition) is 4. The van der Waals surface area contributed by atoms with Crippen molar-refractivity contribution in [2.45, 2.75) is 44.4 Å². The van der Waals surface area contributed by atoms with Crippen LogP contribution in [0.25, 0.3) is 0 Å². The molecule has 2 rings (SSSR count). The van der Waals surface area contributed by atoms with Gasteiger partial charge in [0.25, 0.3) is 0 Å². The highest BCUT2D eigenvalue weighted by Crippen LogP contribution is 2.25. The van der Waals surface area contributed by atoms with Gasteiger partial charge in [0.2, 0.25) is 0 Å². The smallest absolute Gasteiger partial charge is 0.124 e. The summed E-state index contributed by atoms with van der Waals surface area (Å²) >= 11 is 0. The van der Waals surface area contributed by atoms with Crippen molar-refractivity contribution in [1.82, 2.24) is 5.32 Å². The van der Waals surface area contributed by atoms with Crippen LogP contribution in [0.2, 0.25) is 0 Å². The zero-order valence-corrected chi connectivity index (χ0v) is 12.2. The van der Waals surface area contributed by atoms with Crippen molar-refractivity contribution >= 4 is 0 Å². The molecule has 1 aromatic carbocycles. The molecule has 0 spiro atoms. The van der Waals surface area contributed by atoms with Gasteiger partial charge in [0.1, 0.15) is 5.75 Å². The number of nitriles is 1. The second-order valence-corrected chi connectivity index (χ2v) is 5.17. The van der Waals surface area contributed by atoms with Gasteiger partial charge in [0.05, 0.1) is 31.5 Å². The minimum Gasteiger partial charge on any atom is -0.496 e. The van der Waals surface area contributed by atoms with Crippen LogP contribution in [0.5, 0.6) is 5.75 Å². The molecule has 2 atom stereocenters. The average molecular weight is 274 g/mol. The summed E-state index contributed by atoms with van der Waals surface area (Å²) in [7, 11) is 3.63. The van der Waals surface area contributed by atoms with Crippen LogP contribution in [0, 0.1) is 11.3 Å². The first-order chi connectivity index (χ1) is 9.78. The Bertz CT molecular complexity index is 482. The van der Waals surface area contributed by atoms with Crippen LogP contribution >= 0.6 is 0 Å². The van der Waals surface area contributed by atoms with Crippen molar-refractivity contribution in [2.24, 2.45) is 0 Å². The van der Waals surface area contributed by atoms with Crippen LogP contribution in [0.4, 0.5) is 0 Å². The quantitative estimate of drug-likeness (QED) is 0.896. The van der Waals surface area contributed by atoms with Crippen LogP contribution in [0.3, 0.4) is 0 Å². The third kappa shape index (κ3) is 3.50. The molecule has 4 heteroatoms. The minimum atomic E-state index is 0.240. The summed E-state index contributed by atoms with van der Waals surface area (Å²) in [5.41, 5.74) is 1.57. The molecule has 1 fully saturated rings. The first-order valence-electron chi connectivity index (χ1n) is 7.14. The lowest BCUT2D eigenvalue weighted by Gasteiger charge is -2.31. The van der Waals surface area contributed by atoms with E-state index in [0.29, 0.717) is 18.2 Å². The van der Waals surface area contributed by atoms with Crippen LogP contribution in [-0.2, 0) is 11.3 Å². The molecule has 108 valence electrons. The summed E-state index contributed by atoms with van der Waals surface area (Å²) in [5, 5.41) is 12.3. The molecule has 4 nitrogen and oxygen atoms in total. The molecule has 0 aliphatic heterocycles. The Morgan fingerprint density at radius 3 is 2.85 bits per heavy atom. The van der Waals surface area contributed by atoms with E-state index in [1.807, 2.05) is 19.2 Å². The van der Waals surface area contributed by atoms with E-state index in [1.165, 1.54) is 12.8 Å². The average Bonchev–Trinajstić information content (AvgIpc) is 2.52. The number of nitrogens with one attached hydrogen (secondary N) is 1. The summed E-state index contributed by atoms with van der Waals surface area (Å²) in [6, 6.07) is 8.01. The fourth-order valence-electron chi connectivity index (χ4n) is 2.78. The zero-order valence-electron chi connectivity index (χ0n) is 12.2. The van der Waals surface area contributed by atoms with E-state index in [-0.39, 0.29) is 6.10 Å². The maximum atomic E-state index is 8.98. The first kappa shape index (κ1) is 14.8. The van der Waals surface area contributed by atoms with E-state index >= 15 is 0 Å². The van der Waals surface area contributed by atoms with Gasteiger partial charge in [-0.2, -0.15) is 5.26 Å². The summed E-state index contributed by atoms with van der Waals surface area (Å²) in [6.45, 7) is 0.488. The summed E-state index contributed by atoms with van der Waals surface area (Å²) in [5.74, 6) is 0.779. The predicted octanol–water partition coefficient (Wildman–Crippen LogP) is 2.61. The Hall–Kier alpha value is -1.57. The van der Waals surface area contributed by atoms with Gasteiger partial charge in [-0.3, -0.25) is 0 Å². The van der Waals surface area contributed by atoms with Gasteiger partial charge < -0.3 is 14.8 Å². The number of hydrogen-bond donors (Lipinski definition) is 1. The Morgan fingerprint density at radius 2 is 2.15 bits per heavy atom. The Morgan fingerprint density at radius 1 is 1.35 bits per heavy atom. The van der Waals surface area contributed by atoms with Crippen molar-refractivity contribution in [3.05, 3.63) is 29.3 Å². The Balaban J connectivity index is 2.04. The van der Waals surface area contributed by atoms with Crippen LogP contribution in [0.1, 0.15) is 36.8 Å². The molecule has 2 unspecified atom stereocenters. The molecular weight excluding hydrogens is 252 g/mol. The topological polar surface area (TPSA) is 54.3 Å². The largest absolute Gasteiger partial charge is 0.496 e. The molecule has 1 aliphatic rings. The van der Waals surface area contributed by atoms with Crippen molar-refractivity contribution in [3.63, 3.8) is 0 Å². The molecule has 1 aromatic rings. The normalized spacial score (nSPS) is 22.2. The molecule has 1 saturated carbocycles. The van der Waals surface area contributed by atoms with Gasteiger partial charge in [0.15, 0.2) is 0 Å². The van der Waals surface area contributed by atoms with Crippen molar-refractivity contribution in [3.8, 4) is 11.8 Å². The van der Waals surface area contributed by atoms with Crippen LogP contribution in [0.15, 0.2) is 18.2 Å². The van der Waals surface area contributed by atoms with E-state index in [4.69, 9.17) is 14.7 Å². The molecule has 0 saturated heterocycles. The van der Waals surface area contributed by atoms with Gasteiger partial charge >= 0.3 is 0 Å². The molecule has 0 heterocycles. The fourth-order valence-corrected chi connectivity index (χ4v) is 2.78. The second-order valence-electron chi connectivity index (χ2n) is 5.17. The SMILES string of the molecule is CNC1CCCCC1OCc1cc(C#N)ccc1OC. The highest BCUT2D eigenvalue weighted by molar-refractivity contribution is 5.41. The minimum absolute atomic E-state index is 0.240. The van der Waals surface area contributed by atoms with Gasteiger partial charge in [-0.05, 0) is 38.1 Å². The van der Waals surface area contributed by atoms with E-state index in [1.54, 1.807) is 13.2 Å². The second kappa shape index (κ2) is 7.28. The number of rotatable bonds is 5. The molecule has 0 amide bonds. The molecular formula is C16H22N2O2.